The second kappa shape index (κ2) is 6.07. The Hall–Kier alpha value is -2.53. The number of carbonyl (C=O) groups excluding carboxylic acids is 1. The van der Waals surface area contributed by atoms with Crippen molar-refractivity contribution in [3.05, 3.63) is 53.1 Å². The maximum atomic E-state index is 12.2. The summed E-state index contributed by atoms with van der Waals surface area (Å²) in [6.45, 7) is 2.49. The van der Waals surface area contributed by atoms with E-state index in [1.165, 1.54) is 16.3 Å². The quantitative estimate of drug-likeness (QED) is 0.663. The van der Waals surface area contributed by atoms with E-state index >= 15 is 0 Å². The Morgan fingerprint density at radius 2 is 1.95 bits per heavy atom. The third kappa shape index (κ3) is 2.51. The number of nitrogens with one attached hydrogen (secondary N) is 1. The van der Waals surface area contributed by atoms with E-state index in [0.717, 1.165) is 30.4 Å². The summed E-state index contributed by atoms with van der Waals surface area (Å²) in [4.78, 5) is 12.2. The highest BCUT2D eigenvalue weighted by Gasteiger charge is 2.21. The highest BCUT2D eigenvalue weighted by molar-refractivity contribution is 6.06. The fourth-order valence-electron chi connectivity index (χ4n) is 3.16. The first kappa shape index (κ1) is 14.4. The molecule has 2 aromatic rings. The summed E-state index contributed by atoms with van der Waals surface area (Å²) in [6.07, 6.45) is 8.57. The van der Waals surface area contributed by atoms with Crippen LogP contribution in [0.25, 0.3) is 16.3 Å². The minimum absolute atomic E-state index is 0.138. The molecule has 0 aromatic heterocycles. The van der Waals surface area contributed by atoms with Crippen LogP contribution in [0.3, 0.4) is 0 Å². The molecule has 0 spiro atoms. The highest BCUT2D eigenvalue weighted by Crippen LogP contribution is 2.35. The Morgan fingerprint density at radius 1 is 1.23 bits per heavy atom. The summed E-state index contributed by atoms with van der Waals surface area (Å²) < 4.78 is 0. The molecule has 0 radical (unpaired) electrons. The molecule has 22 heavy (non-hydrogen) atoms. The number of amides is 1. The molecule has 0 unspecified atom stereocenters. The number of hydrogen-bond acceptors (Lipinski definition) is 1. The van der Waals surface area contributed by atoms with Crippen LogP contribution >= 0.6 is 0 Å². The predicted molar refractivity (Wildman–Crippen MR) is 91.3 cm³/mol. The molecule has 1 aliphatic carbocycles. The predicted octanol–water partition coefficient (Wildman–Crippen LogP) is 3.70. The van der Waals surface area contributed by atoms with Crippen molar-refractivity contribution in [1.82, 2.24) is 5.32 Å². The molecule has 3 rings (SSSR count). The summed E-state index contributed by atoms with van der Waals surface area (Å²) in [5.41, 5.74) is 3.93. The van der Waals surface area contributed by atoms with Crippen LogP contribution in [0.2, 0.25) is 0 Å². The van der Waals surface area contributed by atoms with Gasteiger partial charge in [-0.15, -0.1) is 6.42 Å². The van der Waals surface area contributed by atoms with E-state index in [1.807, 2.05) is 13.0 Å². The van der Waals surface area contributed by atoms with Crippen LogP contribution in [0.5, 0.6) is 0 Å². The summed E-state index contributed by atoms with van der Waals surface area (Å²) in [5, 5.41) is 5.25. The van der Waals surface area contributed by atoms with E-state index in [-0.39, 0.29) is 5.91 Å². The van der Waals surface area contributed by atoms with E-state index in [1.54, 1.807) is 0 Å². The van der Waals surface area contributed by atoms with Crippen molar-refractivity contribution in [2.75, 3.05) is 6.54 Å². The van der Waals surface area contributed by atoms with Crippen molar-refractivity contribution in [3.8, 4) is 12.3 Å². The smallest absolute Gasteiger partial charge is 0.260 e. The van der Waals surface area contributed by atoms with Gasteiger partial charge in [-0.25, -0.2) is 0 Å². The number of aryl methyl sites for hydroxylation is 1. The Bertz CT molecular complexity index is 808. The molecule has 0 heterocycles. The third-order valence-electron chi connectivity index (χ3n) is 4.18. The molecule has 0 aliphatic heterocycles. The minimum Gasteiger partial charge on any atom is -0.352 e. The van der Waals surface area contributed by atoms with Crippen molar-refractivity contribution < 1.29 is 4.79 Å². The van der Waals surface area contributed by atoms with E-state index in [0.29, 0.717) is 12.1 Å². The average Bonchev–Trinajstić information content (AvgIpc) is 2.54. The largest absolute Gasteiger partial charge is 0.352 e. The molecule has 0 saturated heterocycles. The lowest BCUT2D eigenvalue weighted by atomic mass is 9.83. The first-order chi connectivity index (χ1) is 10.7. The lowest BCUT2D eigenvalue weighted by Gasteiger charge is -2.21. The molecule has 0 fully saturated rings. The zero-order valence-electron chi connectivity index (χ0n) is 12.8. The lowest BCUT2D eigenvalue weighted by Crippen LogP contribution is -2.25. The van der Waals surface area contributed by atoms with Gasteiger partial charge in [-0.1, -0.05) is 36.3 Å². The molecule has 2 aromatic carbocycles. The van der Waals surface area contributed by atoms with Crippen molar-refractivity contribution >= 4 is 22.3 Å². The van der Waals surface area contributed by atoms with Crippen LogP contribution in [0.1, 0.15) is 30.9 Å². The number of fused-ring (bicyclic) bond motifs is 2. The molecule has 0 saturated carbocycles. The summed E-state index contributed by atoms with van der Waals surface area (Å²) in [7, 11) is 0. The van der Waals surface area contributed by atoms with Gasteiger partial charge in [-0.2, -0.15) is 0 Å². The molecule has 1 N–H and O–H groups in total. The molecular formula is C20H19NO. The van der Waals surface area contributed by atoms with E-state index < -0.39 is 0 Å². The molecule has 1 aliphatic rings. The molecule has 2 nitrogen and oxygen atoms in total. The number of likely N-dealkylation sites (N-methyl/N-ethyl adjacent to an activating group) is 1. The number of benzene rings is 2. The summed E-state index contributed by atoms with van der Waals surface area (Å²) in [5.74, 6) is 2.47. The number of allylic oxidation sites excluding steroid dienone is 1. The van der Waals surface area contributed by atoms with Crippen molar-refractivity contribution in [2.24, 2.45) is 0 Å². The average molecular weight is 289 g/mol. The molecular weight excluding hydrogens is 270 g/mol. The molecule has 110 valence electrons. The SMILES string of the molecule is C#C/C(C(=O)NCC)=C1\CCCc2cc3ccccc3cc21. The van der Waals surface area contributed by atoms with Crippen LogP contribution in [0, 0.1) is 12.3 Å². The summed E-state index contributed by atoms with van der Waals surface area (Å²) >= 11 is 0. The second-order valence-corrected chi connectivity index (χ2v) is 5.57. The van der Waals surface area contributed by atoms with Crippen LogP contribution < -0.4 is 5.32 Å². The van der Waals surface area contributed by atoms with Gasteiger partial charge in [-0.05, 0) is 59.7 Å². The first-order valence-corrected chi connectivity index (χ1v) is 7.74. The van der Waals surface area contributed by atoms with E-state index in [4.69, 9.17) is 6.42 Å². The first-order valence-electron chi connectivity index (χ1n) is 7.74. The van der Waals surface area contributed by atoms with Crippen LogP contribution in [0.4, 0.5) is 0 Å². The second-order valence-electron chi connectivity index (χ2n) is 5.57. The highest BCUT2D eigenvalue weighted by atomic mass is 16.1. The van der Waals surface area contributed by atoms with Crippen LogP contribution in [0.15, 0.2) is 42.0 Å². The van der Waals surface area contributed by atoms with Crippen molar-refractivity contribution in [1.29, 1.82) is 0 Å². The fraction of sp³-hybridized carbons (Fsp3) is 0.250. The molecule has 0 bridgehead atoms. The normalized spacial score (nSPS) is 15.8. The number of carbonyl (C=O) groups is 1. The molecule has 0 atom stereocenters. The van der Waals surface area contributed by atoms with Gasteiger partial charge < -0.3 is 5.32 Å². The topological polar surface area (TPSA) is 29.1 Å². The number of terminal acetylenes is 1. The standard InChI is InChI=1S/C20H19NO/c1-3-17(20(22)21-4-2)18-11-7-10-16-12-14-8-5-6-9-15(14)13-19(16)18/h1,5-6,8-9,12-13H,4,7,10-11H2,2H3,(H,21,22)/b18-17-. The maximum Gasteiger partial charge on any atom is 0.260 e. The Kier molecular flexibility index (Phi) is 3.98. The van der Waals surface area contributed by atoms with Crippen LogP contribution in [-0.2, 0) is 11.2 Å². The van der Waals surface area contributed by atoms with Gasteiger partial charge in [0, 0.05) is 6.54 Å². The Balaban J connectivity index is 2.20. The van der Waals surface area contributed by atoms with Gasteiger partial charge in [-0.3, -0.25) is 4.79 Å². The minimum atomic E-state index is -0.138. The van der Waals surface area contributed by atoms with Crippen molar-refractivity contribution in [3.63, 3.8) is 0 Å². The molecule has 1 amide bonds. The zero-order valence-corrected chi connectivity index (χ0v) is 12.8. The maximum absolute atomic E-state index is 12.2. The van der Waals surface area contributed by atoms with Gasteiger partial charge in [0.1, 0.15) is 0 Å². The van der Waals surface area contributed by atoms with Gasteiger partial charge >= 0.3 is 0 Å². The van der Waals surface area contributed by atoms with Gasteiger partial charge in [0.2, 0.25) is 0 Å². The van der Waals surface area contributed by atoms with Gasteiger partial charge in [0.15, 0.2) is 0 Å². The van der Waals surface area contributed by atoms with Crippen LogP contribution in [-0.4, -0.2) is 12.5 Å². The Morgan fingerprint density at radius 3 is 2.64 bits per heavy atom. The summed E-state index contributed by atoms with van der Waals surface area (Å²) in [6, 6.07) is 12.7. The van der Waals surface area contributed by atoms with Gasteiger partial charge in [0.05, 0.1) is 5.57 Å². The monoisotopic (exact) mass is 289 g/mol. The van der Waals surface area contributed by atoms with Crippen molar-refractivity contribution in [2.45, 2.75) is 26.2 Å². The fourth-order valence-corrected chi connectivity index (χ4v) is 3.16. The molecule has 2 heteroatoms. The number of rotatable bonds is 2. The van der Waals surface area contributed by atoms with E-state index in [9.17, 15) is 4.79 Å². The number of hydrogen-bond donors (Lipinski definition) is 1. The third-order valence-corrected chi connectivity index (χ3v) is 4.18. The zero-order chi connectivity index (χ0) is 15.5. The lowest BCUT2D eigenvalue weighted by molar-refractivity contribution is -0.116. The van der Waals surface area contributed by atoms with Gasteiger partial charge in [0.25, 0.3) is 5.91 Å². The van der Waals surface area contributed by atoms with E-state index in [2.05, 4.69) is 41.6 Å². The Labute approximate surface area is 131 Å².